The molecule has 0 N–H and O–H groups in total. The molecule has 0 heterocycles. The predicted octanol–water partition coefficient (Wildman–Crippen LogP) is 3.40. The molecule has 15 heavy (non-hydrogen) atoms. The lowest BCUT2D eigenvalue weighted by molar-refractivity contribution is -0.0753. The molecule has 0 aromatic carbocycles. The molecule has 1 aliphatic rings. The first-order valence-electron chi connectivity index (χ1n) is 6.36. The zero-order valence-electron chi connectivity index (χ0n) is 10.7. The standard InChI is InChI=1S/C13H26O2/c1-10(2)14-9-12-7-5-6-8-13(12)15-11(3)4/h10-13H,5-9H2,1-4H3. The van der Waals surface area contributed by atoms with E-state index < -0.39 is 0 Å². The van der Waals surface area contributed by atoms with E-state index in [0.29, 0.717) is 24.2 Å². The molecule has 0 aromatic rings. The highest BCUT2D eigenvalue weighted by Gasteiger charge is 2.26. The summed E-state index contributed by atoms with van der Waals surface area (Å²) in [5, 5.41) is 0. The van der Waals surface area contributed by atoms with Crippen LogP contribution >= 0.6 is 0 Å². The Morgan fingerprint density at radius 2 is 1.67 bits per heavy atom. The molecule has 0 spiro atoms. The first-order valence-corrected chi connectivity index (χ1v) is 6.36. The minimum Gasteiger partial charge on any atom is -0.378 e. The second kappa shape index (κ2) is 6.49. The smallest absolute Gasteiger partial charge is 0.0628 e. The fourth-order valence-corrected chi connectivity index (χ4v) is 2.21. The second-order valence-electron chi connectivity index (χ2n) is 5.15. The van der Waals surface area contributed by atoms with Gasteiger partial charge in [-0.05, 0) is 40.5 Å². The molecule has 1 aliphatic carbocycles. The van der Waals surface area contributed by atoms with E-state index in [1.165, 1.54) is 25.7 Å². The maximum atomic E-state index is 5.96. The Morgan fingerprint density at radius 3 is 2.27 bits per heavy atom. The van der Waals surface area contributed by atoms with Crippen molar-refractivity contribution in [2.24, 2.45) is 5.92 Å². The Labute approximate surface area is 94.3 Å². The van der Waals surface area contributed by atoms with Gasteiger partial charge in [0.25, 0.3) is 0 Å². The van der Waals surface area contributed by atoms with Crippen molar-refractivity contribution >= 4 is 0 Å². The highest BCUT2D eigenvalue weighted by Crippen LogP contribution is 2.28. The minimum absolute atomic E-state index is 0.339. The number of ether oxygens (including phenoxy) is 2. The first-order chi connectivity index (χ1) is 7.09. The molecule has 0 aliphatic heterocycles. The van der Waals surface area contributed by atoms with Gasteiger partial charge in [-0.25, -0.2) is 0 Å². The van der Waals surface area contributed by atoms with Crippen molar-refractivity contribution in [3.8, 4) is 0 Å². The molecule has 0 amide bonds. The second-order valence-corrected chi connectivity index (χ2v) is 5.15. The Kier molecular flexibility index (Phi) is 5.62. The summed E-state index contributed by atoms with van der Waals surface area (Å²) < 4.78 is 11.7. The molecule has 1 saturated carbocycles. The molecule has 0 aromatic heterocycles. The fraction of sp³-hybridized carbons (Fsp3) is 1.00. The van der Waals surface area contributed by atoms with Gasteiger partial charge in [0, 0.05) is 5.92 Å². The molecular weight excluding hydrogens is 188 g/mol. The molecule has 2 unspecified atom stereocenters. The normalized spacial score (nSPS) is 27.6. The van der Waals surface area contributed by atoms with Gasteiger partial charge < -0.3 is 9.47 Å². The van der Waals surface area contributed by atoms with Gasteiger partial charge >= 0.3 is 0 Å². The summed E-state index contributed by atoms with van der Waals surface area (Å²) in [6.07, 6.45) is 6.24. The summed E-state index contributed by atoms with van der Waals surface area (Å²) in [6.45, 7) is 9.31. The maximum absolute atomic E-state index is 5.96. The van der Waals surface area contributed by atoms with Gasteiger partial charge in [-0.3, -0.25) is 0 Å². The van der Waals surface area contributed by atoms with E-state index in [4.69, 9.17) is 9.47 Å². The van der Waals surface area contributed by atoms with Crippen LogP contribution in [0.25, 0.3) is 0 Å². The van der Waals surface area contributed by atoms with Gasteiger partial charge in [0.2, 0.25) is 0 Å². The van der Waals surface area contributed by atoms with E-state index >= 15 is 0 Å². The Morgan fingerprint density at radius 1 is 1.00 bits per heavy atom. The van der Waals surface area contributed by atoms with Crippen LogP contribution in [0, 0.1) is 5.92 Å². The van der Waals surface area contributed by atoms with Gasteiger partial charge in [0.1, 0.15) is 0 Å². The quantitative estimate of drug-likeness (QED) is 0.698. The molecule has 2 nitrogen and oxygen atoms in total. The van der Waals surface area contributed by atoms with Gasteiger partial charge in [-0.2, -0.15) is 0 Å². The zero-order valence-corrected chi connectivity index (χ0v) is 10.7. The molecule has 90 valence electrons. The highest BCUT2D eigenvalue weighted by atomic mass is 16.5. The predicted molar refractivity (Wildman–Crippen MR) is 63.1 cm³/mol. The van der Waals surface area contributed by atoms with Crippen molar-refractivity contribution in [3.05, 3.63) is 0 Å². The Hall–Kier alpha value is -0.0800. The van der Waals surface area contributed by atoms with Crippen molar-refractivity contribution in [1.29, 1.82) is 0 Å². The molecule has 0 saturated heterocycles. The molecule has 0 bridgehead atoms. The molecule has 1 rings (SSSR count). The van der Waals surface area contributed by atoms with Crippen molar-refractivity contribution in [2.75, 3.05) is 6.61 Å². The molecule has 2 heteroatoms. The van der Waals surface area contributed by atoms with Crippen molar-refractivity contribution in [1.82, 2.24) is 0 Å². The van der Waals surface area contributed by atoms with Crippen LogP contribution in [0.3, 0.4) is 0 Å². The van der Waals surface area contributed by atoms with E-state index in [-0.39, 0.29) is 0 Å². The van der Waals surface area contributed by atoms with E-state index in [0.717, 1.165) is 6.61 Å². The summed E-state index contributed by atoms with van der Waals surface area (Å²) >= 11 is 0. The van der Waals surface area contributed by atoms with Crippen LogP contribution in [0.2, 0.25) is 0 Å². The van der Waals surface area contributed by atoms with Crippen LogP contribution in [0.1, 0.15) is 53.4 Å². The van der Waals surface area contributed by atoms with Gasteiger partial charge in [-0.15, -0.1) is 0 Å². The van der Waals surface area contributed by atoms with E-state index in [9.17, 15) is 0 Å². The van der Waals surface area contributed by atoms with Crippen molar-refractivity contribution in [2.45, 2.75) is 71.7 Å². The summed E-state index contributed by atoms with van der Waals surface area (Å²) in [5.74, 6) is 0.614. The van der Waals surface area contributed by atoms with Crippen LogP contribution in [0.5, 0.6) is 0 Å². The SMILES string of the molecule is CC(C)OCC1CCCCC1OC(C)C. The van der Waals surface area contributed by atoms with E-state index in [1.54, 1.807) is 0 Å². The molecular formula is C13H26O2. The third-order valence-corrected chi connectivity index (χ3v) is 2.93. The van der Waals surface area contributed by atoms with Crippen molar-refractivity contribution < 1.29 is 9.47 Å². The summed E-state index contributed by atoms with van der Waals surface area (Å²) in [4.78, 5) is 0. The largest absolute Gasteiger partial charge is 0.378 e. The lowest BCUT2D eigenvalue weighted by atomic mass is 9.87. The number of rotatable bonds is 5. The lowest BCUT2D eigenvalue weighted by Gasteiger charge is -2.33. The van der Waals surface area contributed by atoms with E-state index in [2.05, 4.69) is 27.7 Å². The monoisotopic (exact) mass is 214 g/mol. The van der Waals surface area contributed by atoms with Crippen LogP contribution in [0.4, 0.5) is 0 Å². The van der Waals surface area contributed by atoms with Gasteiger partial charge in [0.05, 0.1) is 24.9 Å². The fourth-order valence-electron chi connectivity index (χ4n) is 2.21. The third kappa shape index (κ3) is 4.98. The lowest BCUT2D eigenvalue weighted by Crippen LogP contribution is -2.33. The summed E-state index contributed by atoms with van der Waals surface area (Å²) in [7, 11) is 0. The third-order valence-electron chi connectivity index (χ3n) is 2.93. The maximum Gasteiger partial charge on any atom is 0.0628 e. The number of hydrogen-bond donors (Lipinski definition) is 0. The molecule has 1 fully saturated rings. The van der Waals surface area contributed by atoms with Gasteiger partial charge in [0.15, 0.2) is 0 Å². The topological polar surface area (TPSA) is 18.5 Å². The van der Waals surface area contributed by atoms with Crippen LogP contribution in [-0.2, 0) is 9.47 Å². The average Bonchev–Trinajstić information content (AvgIpc) is 2.15. The van der Waals surface area contributed by atoms with Crippen LogP contribution in [-0.4, -0.2) is 24.9 Å². The zero-order chi connectivity index (χ0) is 11.3. The molecule has 0 radical (unpaired) electrons. The Bertz CT molecular complexity index is 166. The Balaban J connectivity index is 2.35. The van der Waals surface area contributed by atoms with Gasteiger partial charge in [-0.1, -0.05) is 12.8 Å². The summed E-state index contributed by atoms with van der Waals surface area (Å²) in [6, 6.07) is 0. The average molecular weight is 214 g/mol. The van der Waals surface area contributed by atoms with E-state index in [1.807, 2.05) is 0 Å². The highest BCUT2D eigenvalue weighted by molar-refractivity contribution is 4.76. The molecule has 2 atom stereocenters. The minimum atomic E-state index is 0.339. The first kappa shape index (κ1) is 13.0. The number of hydrogen-bond acceptors (Lipinski definition) is 2. The van der Waals surface area contributed by atoms with Crippen molar-refractivity contribution in [3.63, 3.8) is 0 Å². The van der Waals surface area contributed by atoms with Crippen LogP contribution < -0.4 is 0 Å². The van der Waals surface area contributed by atoms with Crippen LogP contribution in [0.15, 0.2) is 0 Å². The summed E-state index contributed by atoms with van der Waals surface area (Å²) in [5.41, 5.74) is 0.